The Morgan fingerprint density at radius 3 is 2.29 bits per heavy atom. The number of amides is 1. The number of para-hydroxylation sites is 1. The fourth-order valence-electron chi connectivity index (χ4n) is 3.00. The van der Waals surface area contributed by atoms with Crippen molar-refractivity contribution >= 4 is 17.3 Å². The number of alkyl halides is 2. The molecule has 0 aliphatic carbocycles. The molecule has 2 N–H and O–H groups in total. The fraction of sp³-hybridized carbons (Fsp3) is 0.174. The van der Waals surface area contributed by atoms with Gasteiger partial charge < -0.3 is 15.4 Å². The number of nitrogens with one attached hydrogen (secondary N) is 2. The van der Waals surface area contributed by atoms with Gasteiger partial charge in [0.1, 0.15) is 29.1 Å². The van der Waals surface area contributed by atoms with E-state index in [2.05, 4.69) is 15.4 Å². The Hall–Kier alpha value is -3.55. The Balaban J connectivity index is 1.77. The van der Waals surface area contributed by atoms with E-state index in [-0.39, 0.29) is 5.75 Å². The van der Waals surface area contributed by atoms with Gasteiger partial charge in [0.05, 0.1) is 0 Å². The minimum absolute atomic E-state index is 0.0231. The molecular formula is C23H20F4N2O2. The topological polar surface area (TPSA) is 50.4 Å². The molecule has 0 radical (unpaired) electrons. The highest BCUT2D eigenvalue weighted by Gasteiger charge is 2.18. The van der Waals surface area contributed by atoms with Crippen LogP contribution in [0.15, 0.2) is 66.7 Å². The van der Waals surface area contributed by atoms with Crippen molar-refractivity contribution in [2.75, 3.05) is 10.6 Å². The van der Waals surface area contributed by atoms with Crippen LogP contribution in [0.3, 0.4) is 0 Å². The zero-order chi connectivity index (χ0) is 22.4. The number of halogens is 4. The standard InChI is InChI=1S/C23H20F4N2O2/c1-14(22(30)29-21-18(24)8-5-9-19(21)25)28-17-10-11-20(31-23(26)27)16(13-17)12-15-6-3-2-4-7-15/h2-11,13-14,23,28H,12H2,1H3,(H,29,30). The molecule has 162 valence electrons. The molecule has 1 atom stereocenters. The zero-order valence-electron chi connectivity index (χ0n) is 16.5. The molecule has 31 heavy (non-hydrogen) atoms. The van der Waals surface area contributed by atoms with Crippen LogP contribution in [0.4, 0.5) is 28.9 Å². The van der Waals surface area contributed by atoms with Gasteiger partial charge in [0.2, 0.25) is 5.91 Å². The Morgan fingerprint density at radius 2 is 1.65 bits per heavy atom. The first kappa shape index (κ1) is 22.1. The van der Waals surface area contributed by atoms with Crippen molar-refractivity contribution in [3.05, 3.63) is 89.5 Å². The molecule has 0 heterocycles. The lowest BCUT2D eigenvalue weighted by Crippen LogP contribution is -2.32. The third-order valence-electron chi connectivity index (χ3n) is 4.50. The summed E-state index contributed by atoms with van der Waals surface area (Å²) >= 11 is 0. The van der Waals surface area contributed by atoms with E-state index < -0.39 is 35.9 Å². The van der Waals surface area contributed by atoms with E-state index in [9.17, 15) is 22.4 Å². The van der Waals surface area contributed by atoms with Crippen LogP contribution in [0.2, 0.25) is 0 Å². The van der Waals surface area contributed by atoms with Crippen molar-refractivity contribution in [3.63, 3.8) is 0 Å². The maximum absolute atomic E-state index is 13.8. The molecule has 0 spiro atoms. The summed E-state index contributed by atoms with van der Waals surface area (Å²) < 4.78 is 57.7. The van der Waals surface area contributed by atoms with Gasteiger partial charge in [-0.25, -0.2) is 8.78 Å². The van der Waals surface area contributed by atoms with Gasteiger partial charge in [0.15, 0.2) is 0 Å². The van der Waals surface area contributed by atoms with E-state index >= 15 is 0 Å². The van der Waals surface area contributed by atoms with Crippen LogP contribution >= 0.6 is 0 Å². The van der Waals surface area contributed by atoms with Crippen LogP contribution in [-0.4, -0.2) is 18.6 Å². The van der Waals surface area contributed by atoms with Crippen LogP contribution in [0.5, 0.6) is 5.75 Å². The third-order valence-corrected chi connectivity index (χ3v) is 4.50. The third kappa shape index (κ3) is 5.97. The Morgan fingerprint density at radius 1 is 0.968 bits per heavy atom. The van der Waals surface area contributed by atoms with Crippen LogP contribution < -0.4 is 15.4 Å². The molecule has 0 saturated heterocycles. The van der Waals surface area contributed by atoms with Crippen LogP contribution in [-0.2, 0) is 11.2 Å². The summed E-state index contributed by atoms with van der Waals surface area (Å²) in [5.41, 5.74) is 1.31. The molecule has 3 aromatic carbocycles. The summed E-state index contributed by atoms with van der Waals surface area (Å²) in [5, 5.41) is 5.12. The second-order valence-corrected chi connectivity index (χ2v) is 6.82. The van der Waals surface area contributed by atoms with Gasteiger partial charge in [-0.2, -0.15) is 8.78 Å². The van der Waals surface area contributed by atoms with E-state index in [1.165, 1.54) is 25.1 Å². The van der Waals surface area contributed by atoms with Gasteiger partial charge in [0.25, 0.3) is 0 Å². The highest BCUT2D eigenvalue weighted by molar-refractivity contribution is 5.96. The van der Waals surface area contributed by atoms with Crippen molar-refractivity contribution < 1.29 is 27.1 Å². The monoisotopic (exact) mass is 432 g/mol. The second-order valence-electron chi connectivity index (χ2n) is 6.82. The predicted octanol–water partition coefficient (Wildman–Crippen LogP) is 5.60. The number of rotatable bonds is 8. The van der Waals surface area contributed by atoms with Gasteiger partial charge >= 0.3 is 6.61 Å². The molecule has 1 unspecified atom stereocenters. The molecule has 0 aliphatic heterocycles. The first-order valence-electron chi connectivity index (χ1n) is 9.46. The molecule has 0 aliphatic rings. The Bertz CT molecular complexity index is 1020. The summed E-state index contributed by atoms with van der Waals surface area (Å²) in [7, 11) is 0. The number of hydrogen-bond donors (Lipinski definition) is 2. The normalized spacial score (nSPS) is 11.8. The number of benzene rings is 3. The van der Waals surface area contributed by atoms with Gasteiger partial charge in [-0.05, 0) is 42.8 Å². The first-order chi connectivity index (χ1) is 14.8. The molecule has 0 aromatic heterocycles. The summed E-state index contributed by atoms with van der Waals surface area (Å²) in [6.45, 7) is -1.47. The lowest BCUT2D eigenvalue weighted by molar-refractivity contribution is -0.116. The molecule has 8 heteroatoms. The van der Waals surface area contributed by atoms with E-state index in [4.69, 9.17) is 0 Å². The molecule has 3 rings (SSSR count). The van der Waals surface area contributed by atoms with Crippen molar-refractivity contribution in [1.29, 1.82) is 0 Å². The van der Waals surface area contributed by atoms with Gasteiger partial charge in [0, 0.05) is 17.7 Å². The second kappa shape index (κ2) is 9.97. The molecular weight excluding hydrogens is 412 g/mol. The summed E-state index contributed by atoms with van der Waals surface area (Å²) in [4.78, 5) is 12.4. The van der Waals surface area contributed by atoms with E-state index in [1.807, 2.05) is 30.3 Å². The molecule has 4 nitrogen and oxygen atoms in total. The highest BCUT2D eigenvalue weighted by Crippen LogP contribution is 2.27. The number of anilines is 2. The molecule has 3 aromatic rings. The fourth-order valence-corrected chi connectivity index (χ4v) is 3.00. The van der Waals surface area contributed by atoms with E-state index in [0.717, 1.165) is 17.7 Å². The smallest absolute Gasteiger partial charge is 0.387 e. The summed E-state index contributed by atoms with van der Waals surface area (Å²) in [6.07, 6.45) is 0.333. The van der Waals surface area contributed by atoms with Gasteiger partial charge in [-0.3, -0.25) is 4.79 Å². The molecule has 0 bridgehead atoms. The lowest BCUT2D eigenvalue weighted by Gasteiger charge is -2.18. The lowest BCUT2D eigenvalue weighted by atomic mass is 10.0. The zero-order valence-corrected chi connectivity index (χ0v) is 16.5. The van der Waals surface area contributed by atoms with Crippen molar-refractivity contribution in [1.82, 2.24) is 0 Å². The number of hydrogen-bond acceptors (Lipinski definition) is 3. The quantitative estimate of drug-likeness (QED) is 0.456. The number of carbonyl (C=O) groups excluding carboxylic acids is 1. The first-order valence-corrected chi connectivity index (χ1v) is 9.46. The highest BCUT2D eigenvalue weighted by atomic mass is 19.3. The molecule has 0 fully saturated rings. The van der Waals surface area contributed by atoms with E-state index in [0.29, 0.717) is 17.7 Å². The summed E-state index contributed by atoms with van der Waals surface area (Å²) in [6, 6.07) is 16.1. The van der Waals surface area contributed by atoms with Crippen molar-refractivity contribution in [2.24, 2.45) is 0 Å². The average molecular weight is 432 g/mol. The predicted molar refractivity (Wildman–Crippen MR) is 110 cm³/mol. The van der Waals surface area contributed by atoms with Crippen molar-refractivity contribution in [3.8, 4) is 5.75 Å². The maximum atomic E-state index is 13.8. The van der Waals surface area contributed by atoms with Gasteiger partial charge in [-0.1, -0.05) is 36.4 Å². The minimum Gasteiger partial charge on any atom is -0.435 e. The minimum atomic E-state index is -2.98. The van der Waals surface area contributed by atoms with Crippen LogP contribution in [0.1, 0.15) is 18.1 Å². The van der Waals surface area contributed by atoms with Crippen LogP contribution in [0.25, 0.3) is 0 Å². The van der Waals surface area contributed by atoms with Crippen molar-refractivity contribution in [2.45, 2.75) is 26.0 Å². The Kier molecular flexibility index (Phi) is 7.12. The largest absolute Gasteiger partial charge is 0.435 e. The van der Waals surface area contributed by atoms with Gasteiger partial charge in [-0.15, -0.1) is 0 Å². The van der Waals surface area contributed by atoms with E-state index in [1.54, 1.807) is 6.07 Å². The SMILES string of the molecule is CC(Nc1ccc(OC(F)F)c(Cc2ccccc2)c1)C(=O)Nc1c(F)cccc1F. The van der Waals surface area contributed by atoms with Crippen LogP contribution in [0, 0.1) is 11.6 Å². The Labute approximate surface area is 176 Å². The molecule has 1 amide bonds. The number of carbonyl (C=O) groups is 1. The summed E-state index contributed by atoms with van der Waals surface area (Å²) in [5.74, 6) is -2.42. The average Bonchev–Trinajstić information content (AvgIpc) is 2.73. The maximum Gasteiger partial charge on any atom is 0.387 e. The molecule has 0 saturated carbocycles. The number of ether oxygens (including phenoxy) is 1.